The summed E-state index contributed by atoms with van der Waals surface area (Å²) < 4.78 is 30.9. The first-order chi connectivity index (χ1) is 10.8. The van der Waals surface area contributed by atoms with Crippen molar-refractivity contribution < 1.29 is 17.9 Å². The highest BCUT2D eigenvalue weighted by molar-refractivity contribution is 7.89. The molecule has 2 rings (SSSR count). The Labute approximate surface area is 149 Å². The minimum Gasteiger partial charge on any atom is -0.495 e. The summed E-state index contributed by atoms with van der Waals surface area (Å²) in [5.41, 5.74) is 5.96. The van der Waals surface area contributed by atoms with Crippen LogP contribution in [0.1, 0.15) is 23.2 Å². The monoisotopic (exact) mass is 377 g/mol. The number of nitrogens with zero attached hydrogens (tertiary/aromatic N) is 1. The number of halogens is 1. The van der Waals surface area contributed by atoms with E-state index in [1.807, 2.05) is 0 Å². The molecule has 1 aromatic carbocycles. The molecule has 9 heteroatoms. The van der Waals surface area contributed by atoms with Gasteiger partial charge in [-0.3, -0.25) is 4.79 Å². The molecule has 1 fully saturated rings. The Morgan fingerprint density at radius 2 is 2.04 bits per heavy atom. The topological polar surface area (TPSA) is 102 Å². The van der Waals surface area contributed by atoms with Crippen LogP contribution >= 0.6 is 12.4 Å². The number of nitrogens with one attached hydrogen (secondary N) is 1. The number of ether oxygens (including phenoxy) is 1. The molecule has 0 aliphatic heterocycles. The SMILES string of the molecule is COc1ccc(C(=O)NC(CN)C2CC2)cc1S(=O)(=O)N(C)C.Cl. The lowest BCUT2D eigenvalue weighted by atomic mass is 10.1. The molecule has 0 radical (unpaired) electrons. The van der Waals surface area contributed by atoms with Crippen molar-refractivity contribution in [2.24, 2.45) is 11.7 Å². The third-order valence-electron chi connectivity index (χ3n) is 3.95. The molecule has 1 amide bonds. The van der Waals surface area contributed by atoms with Crippen molar-refractivity contribution in [1.29, 1.82) is 0 Å². The van der Waals surface area contributed by atoms with E-state index in [1.54, 1.807) is 6.07 Å². The highest BCUT2D eigenvalue weighted by Crippen LogP contribution is 2.32. The minimum absolute atomic E-state index is 0. The number of benzene rings is 1. The average Bonchev–Trinajstić information content (AvgIpc) is 3.36. The Bertz CT molecular complexity index is 690. The van der Waals surface area contributed by atoms with Crippen molar-refractivity contribution in [2.45, 2.75) is 23.8 Å². The Morgan fingerprint density at radius 1 is 1.42 bits per heavy atom. The Morgan fingerprint density at radius 3 is 2.50 bits per heavy atom. The molecule has 1 atom stereocenters. The highest BCUT2D eigenvalue weighted by atomic mass is 35.5. The average molecular weight is 378 g/mol. The van der Waals surface area contributed by atoms with E-state index in [1.165, 1.54) is 33.3 Å². The van der Waals surface area contributed by atoms with Crippen LogP contribution in [0.2, 0.25) is 0 Å². The van der Waals surface area contributed by atoms with Crippen LogP contribution in [0.15, 0.2) is 23.1 Å². The number of rotatable bonds is 7. The number of carbonyl (C=O) groups excluding carboxylic acids is 1. The van der Waals surface area contributed by atoms with E-state index in [9.17, 15) is 13.2 Å². The Hall–Kier alpha value is -1.35. The molecule has 24 heavy (non-hydrogen) atoms. The van der Waals surface area contributed by atoms with E-state index in [2.05, 4.69) is 5.32 Å². The molecule has 1 aromatic rings. The van der Waals surface area contributed by atoms with Crippen LogP contribution < -0.4 is 15.8 Å². The number of hydrogen-bond acceptors (Lipinski definition) is 5. The van der Waals surface area contributed by atoms with Gasteiger partial charge in [0.1, 0.15) is 10.6 Å². The van der Waals surface area contributed by atoms with Crippen molar-refractivity contribution in [2.75, 3.05) is 27.7 Å². The summed E-state index contributed by atoms with van der Waals surface area (Å²) in [6.07, 6.45) is 2.12. The Balaban J connectivity index is 0.00000288. The molecule has 0 aromatic heterocycles. The highest BCUT2D eigenvalue weighted by Gasteiger charge is 2.32. The van der Waals surface area contributed by atoms with Gasteiger partial charge in [0, 0.05) is 32.2 Å². The van der Waals surface area contributed by atoms with Gasteiger partial charge >= 0.3 is 0 Å². The number of methoxy groups -OCH3 is 1. The van der Waals surface area contributed by atoms with Gasteiger partial charge in [0.25, 0.3) is 5.91 Å². The van der Waals surface area contributed by atoms with Gasteiger partial charge in [0.05, 0.1) is 7.11 Å². The van der Waals surface area contributed by atoms with Crippen LogP contribution in [0.5, 0.6) is 5.75 Å². The molecule has 1 aliphatic carbocycles. The zero-order valence-corrected chi connectivity index (χ0v) is 15.6. The Kier molecular flexibility index (Phi) is 7.03. The molecule has 7 nitrogen and oxygen atoms in total. The fraction of sp³-hybridized carbons (Fsp3) is 0.533. The standard InChI is InChI=1S/C15H23N3O4S.ClH/c1-18(2)23(20,21)14-8-11(6-7-13(14)22-3)15(19)17-12(9-16)10-4-5-10;/h6-8,10,12H,4-5,9,16H2,1-3H3,(H,17,19);1H. The van der Waals surface area contributed by atoms with E-state index < -0.39 is 10.0 Å². The summed E-state index contributed by atoms with van der Waals surface area (Å²) >= 11 is 0. The van der Waals surface area contributed by atoms with Gasteiger partial charge in [-0.2, -0.15) is 0 Å². The maximum atomic E-state index is 12.4. The van der Waals surface area contributed by atoms with Crippen molar-refractivity contribution >= 4 is 28.3 Å². The molecule has 0 bridgehead atoms. The van der Waals surface area contributed by atoms with Gasteiger partial charge in [-0.05, 0) is 37.0 Å². The second-order valence-electron chi connectivity index (χ2n) is 5.81. The molecule has 0 heterocycles. The second-order valence-corrected chi connectivity index (χ2v) is 7.93. The third kappa shape index (κ3) is 4.38. The summed E-state index contributed by atoms with van der Waals surface area (Å²) in [5, 5.41) is 2.88. The van der Waals surface area contributed by atoms with E-state index in [4.69, 9.17) is 10.5 Å². The second kappa shape index (κ2) is 8.15. The quantitative estimate of drug-likeness (QED) is 0.733. The van der Waals surface area contributed by atoms with Crippen LogP contribution in [-0.2, 0) is 10.0 Å². The summed E-state index contributed by atoms with van der Waals surface area (Å²) in [7, 11) is 0.539. The maximum absolute atomic E-state index is 12.4. The summed E-state index contributed by atoms with van der Waals surface area (Å²) in [6.45, 7) is 0.370. The fourth-order valence-corrected chi connectivity index (χ4v) is 3.41. The molecular weight excluding hydrogens is 354 g/mol. The smallest absolute Gasteiger partial charge is 0.251 e. The van der Waals surface area contributed by atoms with Gasteiger partial charge in [-0.25, -0.2) is 12.7 Å². The van der Waals surface area contributed by atoms with E-state index >= 15 is 0 Å². The number of sulfonamides is 1. The van der Waals surface area contributed by atoms with Gasteiger partial charge in [-0.15, -0.1) is 12.4 Å². The number of carbonyl (C=O) groups is 1. The molecule has 0 spiro atoms. The van der Waals surface area contributed by atoms with Crippen LogP contribution in [0.3, 0.4) is 0 Å². The van der Waals surface area contributed by atoms with E-state index in [0.717, 1.165) is 17.1 Å². The fourth-order valence-electron chi connectivity index (χ4n) is 2.34. The van der Waals surface area contributed by atoms with Gasteiger partial charge in [0.2, 0.25) is 10.0 Å². The molecular formula is C15H24ClN3O4S. The van der Waals surface area contributed by atoms with Crippen molar-refractivity contribution in [3.63, 3.8) is 0 Å². The molecule has 136 valence electrons. The van der Waals surface area contributed by atoms with E-state index in [0.29, 0.717) is 12.5 Å². The predicted molar refractivity (Wildman–Crippen MR) is 94.1 cm³/mol. The molecule has 1 saturated carbocycles. The number of amides is 1. The van der Waals surface area contributed by atoms with Crippen molar-refractivity contribution in [1.82, 2.24) is 9.62 Å². The number of hydrogen-bond donors (Lipinski definition) is 2. The largest absolute Gasteiger partial charge is 0.495 e. The lowest BCUT2D eigenvalue weighted by molar-refractivity contribution is 0.0933. The molecule has 1 aliphatic rings. The summed E-state index contributed by atoms with van der Waals surface area (Å²) in [6, 6.07) is 4.30. The van der Waals surface area contributed by atoms with Gasteiger partial charge in [-0.1, -0.05) is 0 Å². The molecule has 1 unspecified atom stereocenters. The van der Waals surface area contributed by atoms with Crippen LogP contribution in [0.4, 0.5) is 0 Å². The maximum Gasteiger partial charge on any atom is 0.251 e. The van der Waals surface area contributed by atoms with Gasteiger partial charge in [0.15, 0.2) is 0 Å². The van der Waals surface area contributed by atoms with Crippen LogP contribution in [-0.4, -0.2) is 52.4 Å². The summed E-state index contributed by atoms with van der Waals surface area (Å²) in [5.74, 6) is 0.296. The van der Waals surface area contributed by atoms with Crippen molar-refractivity contribution in [3.05, 3.63) is 23.8 Å². The molecule has 3 N–H and O–H groups in total. The van der Waals surface area contributed by atoms with Crippen LogP contribution in [0, 0.1) is 5.92 Å². The van der Waals surface area contributed by atoms with Crippen molar-refractivity contribution in [3.8, 4) is 5.75 Å². The first kappa shape index (κ1) is 20.7. The number of nitrogens with two attached hydrogens (primary N) is 1. The van der Waals surface area contributed by atoms with Crippen LogP contribution in [0.25, 0.3) is 0 Å². The first-order valence-electron chi connectivity index (χ1n) is 7.42. The first-order valence-corrected chi connectivity index (χ1v) is 8.86. The third-order valence-corrected chi connectivity index (χ3v) is 5.78. The lowest BCUT2D eigenvalue weighted by Gasteiger charge is -2.18. The minimum atomic E-state index is -3.71. The molecule has 0 saturated heterocycles. The summed E-state index contributed by atoms with van der Waals surface area (Å²) in [4.78, 5) is 12.3. The zero-order valence-electron chi connectivity index (χ0n) is 14.0. The predicted octanol–water partition coefficient (Wildman–Crippen LogP) is 0.834. The van der Waals surface area contributed by atoms with Gasteiger partial charge < -0.3 is 15.8 Å². The van der Waals surface area contributed by atoms with E-state index in [-0.39, 0.29) is 40.6 Å². The normalized spacial score (nSPS) is 15.5. The lowest BCUT2D eigenvalue weighted by Crippen LogP contribution is -2.41. The zero-order chi connectivity index (χ0) is 17.2.